The average Bonchev–Trinajstić information content (AvgIpc) is 2.57. The number of rotatable bonds is 5. The first-order valence-corrected chi connectivity index (χ1v) is 4.82. The first-order chi connectivity index (χ1) is 5.83. The molecule has 3 nitrogen and oxygen atoms in total. The minimum Gasteiger partial charge on any atom is -0.392 e. The summed E-state index contributed by atoms with van der Waals surface area (Å²) in [6.45, 7) is 0.997. The van der Waals surface area contributed by atoms with E-state index in [1.54, 1.807) is 0 Å². The Kier molecular flexibility index (Phi) is 4.58. The van der Waals surface area contributed by atoms with E-state index in [1.165, 1.54) is 25.7 Å². The van der Waals surface area contributed by atoms with Crippen LogP contribution < -0.4 is 5.73 Å². The van der Waals surface area contributed by atoms with Crippen molar-refractivity contribution < 1.29 is 9.84 Å². The van der Waals surface area contributed by atoms with Crippen LogP contribution in [0.2, 0.25) is 0 Å². The van der Waals surface area contributed by atoms with Crippen LogP contribution in [0.4, 0.5) is 0 Å². The van der Waals surface area contributed by atoms with Crippen molar-refractivity contribution in [1.82, 2.24) is 0 Å². The van der Waals surface area contributed by atoms with E-state index in [1.807, 2.05) is 0 Å². The monoisotopic (exact) mass is 173 g/mol. The van der Waals surface area contributed by atoms with E-state index in [0.717, 1.165) is 0 Å². The normalized spacial score (nSPS) is 21.5. The van der Waals surface area contributed by atoms with Crippen LogP contribution in [0.5, 0.6) is 0 Å². The number of hydrogen-bond donors (Lipinski definition) is 2. The largest absolute Gasteiger partial charge is 0.392 e. The van der Waals surface area contributed by atoms with Gasteiger partial charge in [0.15, 0.2) is 0 Å². The summed E-state index contributed by atoms with van der Waals surface area (Å²) in [5.41, 5.74) is 5.26. The molecule has 0 spiro atoms. The predicted octanol–water partition coefficient (Wildman–Crippen LogP) is 0.655. The summed E-state index contributed by atoms with van der Waals surface area (Å²) in [5.74, 6) is 0. The van der Waals surface area contributed by atoms with E-state index in [2.05, 4.69) is 0 Å². The van der Waals surface area contributed by atoms with Crippen LogP contribution in [-0.2, 0) is 4.74 Å². The van der Waals surface area contributed by atoms with Crippen LogP contribution in [0.1, 0.15) is 32.1 Å². The quantitative estimate of drug-likeness (QED) is 0.642. The molecule has 1 unspecified atom stereocenters. The molecule has 0 bridgehead atoms. The minimum absolute atomic E-state index is 0.341. The van der Waals surface area contributed by atoms with Gasteiger partial charge >= 0.3 is 0 Å². The van der Waals surface area contributed by atoms with Gasteiger partial charge in [-0.25, -0.2) is 0 Å². The third-order valence-corrected chi connectivity index (χ3v) is 2.38. The summed E-state index contributed by atoms with van der Waals surface area (Å²) in [4.78, 5) is 0. The molecule has 0 amide bonds. The van der Waals surface area contributed by atoms with Crippen LogP contribution in [0.15, 0.2) is 0 Å². The zero-order valence-corrected chi connectivity index (χ0v) is 7.54. The molecule has 1 saturated carbocycles. The molecule has 0 aromatic heterocycles. The van der Waals surface area contributed by atoms with Gasteiger partial charge in [-0.3, -0.25) is 0 Å². The topological polar surface area (TPSA) is 55.5 Å². The van der Waals surface area contributed by atoms with Crippen molar-refractivity contribution in [3.63, 3.8) is 0 Å². The Balaban J connectivity index is 1.94. The van der Waals surface area contributed by atoms with Crippen LogP contribution in [0.3, 0.4) is 0 Å². The summed E-state index contributed by atoms with van der Waals surface area (Å²) >= 11 is 0. The zero-order chi connectivity index (χ0) is 8.81. The van der Waals surface area contributed by atoms with E-state index >= 15 is 0 Å². The second kappa shape index (κ2) is 5.51. The van der Waals surface area contributed by atoms with E-state index in [9.17, 15) is 0 Å². The molecule has 0 aromatic rings. The zero-order valence-electron chi connectivity index (χ0n) is 7.54. The molecule has 12 heavy (non-hydrogen) atoms. The Labute approximate surface area is 73.9 Å². The van der Waals surface area contributed by atoms with Gasteiger partial charge in [-0.2, -0.15) is 0 Å². The summed E-state index contributed by atoms with van der Waals surface area (Å²) in [6.07, 6.45) is 5.72. The molecule has 3 N–H and O–H groups in total. The van der Waals surface area contributed by atoms with Gasteiger partial charge in [0.25, 0.3) is 0 Å². The minimum atomic E-state index is -0.383. The lowest BCUT2D eigenvalue weighted by molar-refractivity contribution is 0.0339. The fraction of sp³-hybridized carbons (Fsp3) is 1.00. The van der Waals surface area contributed by atoms with Gasteiger partial charge < -0.3 is 15.6 Å². The van der Waals surface area contributed by atoms with Gasteiger partial charge in [0.1, 0.15) is 0 Å². The van der Waals surface area contributed by atoms with Gasteiger partial charge in [-0.05, 0) is 19.3 Å². The molecular formula is C9H19NO2. The number of nitrogens with two attached hydrogens (primary N) is 1. The van der Waals surface area contributed by atoms with E-state index in [4.69, 9.17) is 15.6 Å². The van der Waals surface area contributed by atoms with Gasteiger partial charge in [0, 0.05) is 13.2 Å². The van der Waals surface area contributed by atoms with E-state index in [0.29, 0.717) is 25.7 Å². The third kappa shape index (κ3) is 3.52. The van der Waals surface area contributed by atoms with Crippen LogP contribution >= 0.6 is 0 Å². The summed E-state index contributed by atoms with van der Waals surface area (Å²) in [5, 5.41) is 9.13. The molecule has 0 aliphatic heterocycles. The number of ether oxygens (including phenoxy) is 1. The molecule has 3 heteroatoms. The molecule has 1 fully saturated rings. The molecule has 1 aliphatic rings. The molecular weight excluding hydrogens is 154 g/mol. The molecule has 0 heterocycles. The SMILES string of the molecule is NCC(O)CCOC1CCCC1. The summed E-state index contributed by atoms with van der Waals surface area (Å²) < 4.78 is 5.56. The Morgan fingerprint density at radius 1 is 1.42 bits per heavy atom. The first kappa shape index (κ1) is 9.96. The Morgan fingerprint density at radius 3 is 2.67 bits per heavy atom. The average molecular weight is 173 g/mol. The van der Waals surface area contributed by atoms with Crippen molar-refractivity contribution in [2.24, 2.45) is 5.73 Å². The highest BCUT2D eigenvalue weighted by molar-refractivity contribution is 4.67. The summed E-state index contributed by atoms with van der Waals surface area (Å²) in [6, 6.07) is 0. The maximum Gasteiger partial charge on any atom is 0.0684 e. The predicted molar refractivity (Wildman–Crippen MR) is 47.9 cm³/mol. The van der Waals surface area contributed by atoms with Gasteiger partial charge in [-0.15, -0.1) is 0 Å². The van der Waals surface area contributed by atoms with Gasteiger partial charge in [0.2, 0.25) is 0 Å². The third-order valence-electron chi connectivity index (χ3n) is 2.38. The number of aliphatic hydroxyl groups is 1. The highest BCUT2D eigenvalue weighted by atomic mass is 16.5. The van der Waals surface area contributed by atoms with Crippen LogP contribution in [0, 0.1) is 0 Å². The highest BCUT2D eigenvalue weighted by Crippen LogP contribution is 2.20. The van der Waals surface area contributed by atoms with Crippen molar-refractivity contribution in [2.45, 2.75) is 44.3 Å². The molecule has 72 valence electrons. The van der Waals surface area contributed by atoms with E-state index in [-0.39, 0.29) is 6.10 Å². The fourth-order valence-electron chi connectivity index (χ4n) is 1.54. The van der Waals surface area contributed by atoms with Crippen molar-refractivity contribution >= 4 is 0 Å². The number of aliphatic hydroxyl groups excluding tert-OH is 1. The molecule has 0 saturated heterocycles. The van der Waals surface area contributed by atoms with Crippen molar-refractivity contribution in [2.75, 3.05) is 13.2 Å². The van der Waals surface area contributed by atoms with Crippen molar-refractivity contribution in [3.05, 3.63) is 0 Å². The summed E-state index contributed by atoms with van der Waals surface area (Å²) in [7, 11) is 0. The van der Waals surface area contributed by atoms with Crippen LogP contribution in [-0.4, -0.2) is 30.5 Å². The smallest absolute Gasteiger partial charge is 0.0684 e. The van der Waals surface area contributed by atoms with E-state index < -0.39 is 0 Å². The standard InChI is InChI=1S/C9H19NO2/c10-7-8(11)5-6-12-9-3-1-2-4-9/h8-9,11H,1-7,10H2. The highest BCUT2D eigenvalue weighted by Gasteiger charge is 2.15. The van der Waals surface area contributed by atoms with Gasteiger partial charge in [0.05, 0.1) is 12.2 Å². The van der Waals surface area contributed by atoms with Crippen molar-refractivity contribution in [3.8, 4) is 0 Å². The molecule has 1 rings (SSSR count). The maximum atomic E-state index is 9.13. The second-order valence-electron chi connectivity index (χ2n) is 3.46. The molecule has 1 atom stereocenters. The number of hydrogen-bond acceptors (Lipinski definition) is 3. The Morgan fingerprint density at radius 2 is 2.08 bits per heavy atom. The lowest BCUT2D eigenvalue weighted by Gasteiger charge is -2.12. The Bertz CT molecular complexity index is 113. The van der Waals surface area contributed by atoms with Gasteiger partial charge in [-0.1, -0.05) is 12.8 Å². The lowest BCUT2D eigenvalue weighted by atomic mass is 10.2. The molecule has 1 aliphatic carbocycles. The Hall–Kier alpha value is -0.120. The van der Waals surface area contributed by atoms with Crippen molar-refractivity contribution in [1.29, 1.82) is 0 Å². The van der Waals surface area contributed by atoms with Crippen LogP contribution in [0.25, 0.3) is 0 Å². The molecule has 0 radical (unpaired) electrons. The molecule has 0 aromatic carbocycles. The first-order valence-electron chi connectivity index (χ1n) is 4.82. The fourth-order valence-corrected chi connectivity index (χ4v) is 1.54. The second-order valence-corrected chi connectivity index (χ2v) is 3.46. The maximum absolute atomic E-state index is 9.13. The lowest BCUT2D eigenvalue weighted by Crippen LogP contribution is -2.22.